The zero-order valence-electron chi connectivity index (χ0n) is 17.4. The lowest BCUT2D eigenvalue weighted by molar-refractivity contribution is -0.123. The fourth-order valence-corrected chi connectivity index (χ4v) is 5.62. The summed E-state index contributed by atoms with van der Waals surface area (Å²) in [5, 5.41) is 3.12. The van der Waals surface area contributed by atoms with Crippen molar-refractivity contribution in [2.75, 3.05) is 18.6 Å². The normalized spacial score (nSPS) is 18.1. The van der Waals surface area contributed by atoms with E-state index in [2.05, 4.69) is 21.2 Å². The van der Waals surface area contributed by atoms with Crippen LogP contribution in [0.3, 0.4) is 0 Å². The topological polar surface area (TPSA) is 58.6 Å². The molecule has 0 aromatic heterocycles. The highest BCUT2D eigenvalue weighted by Crippen LogP contribution is 2.42. The molecule has 1 heterocycles. The van der Waals surface area contributed by atoms with Crippen molar-refractivity contribution in [1.29, 1.82) is 0 Å². The summed E-state index contributed by atoms with van der Waals surface area (Å²) in [7, 11) is 1.62. The first-order valence-electron chi connectivity index (χ1n) is 10.5. The van der Waals surface area contributed by atoms with E-state index in [1.807, 2.05) is 48.5 Å². The van der Waals surface area contributed by atoms with Crippen molar-refractivity contribution in [3.8, 4) is 5.75 Å². The molecule has 0 saturated heterocycles. The summed E-state index contributed by atoms with van der Waals surface area (Å²) in [5.41, 5.74) is 1.67. The smallest absolute Gasteiger partial charge is 0.265 e. The quantitative estimate of drug-likeness (QED) is 0.559. The van der Waals surface area contributed by atoms with Gasteiger partial charge in [0.25, 0.3) is 5.91 Å². The standard InChI is InChI=1S/C24H25BrN2O3S/c1-30-20-12-11-16(13-18(20)25)14-22-24(29)27(19-9-5-6-10-21(19)31-22)15-23(28)26-17-7-3-2-4-8-17/h5-6,9-14,17H,2-4,7-8,15H2,1H3,(H,26,28). The number of fused-ring (bicyclic) bond motifs is 1. The highest BCUT2D eigenvalue weighted by molar-refractivity contribution is 9.10. The zero-order valence-corrected chi connectivity index (χ0v) is 19.8. The molecular formula is C24H25BrN2O3S. The Morgan fingerprint density at radius 3 is 2.74 bits per heavy atom. The number of carbonyl (C=O) groups excluding carboxylic acids is 2. The van der Waals surface area contributed by atoms with E-state index in [1.165, 1.54) is 18.2 Å². The molecule has 0 spiro atoms. The van der Waals surface area contributed by atoms with Gasteiger partial charge >= 0.3 is 0 Å². The number of hydrogen-bond acceptors (Lipinski definition) is 4. The maximum absolute atomic E-state index is 13.3. The van der Waals surface area contributed by atoms with E-state index in [-0.39, 0.29) is 24.4 Å². The molecule has 0 radical (unpaired) electrons. The van der Waals surface area contributed by atoms with Gasteiger partial charge in [-0.05, 0) is 64.7 Å². The molecule has 2 aliphatic rings. The molecule has 0 bridgehead atoms. The molecule has 2 amide bonds. The number of hydrogen-bond donors (Lipinski definition) is 1. The first-order valence-corrected chi connectivity index (χ1v) is 12.1. The highest BCUT2D eigenvalue weighted by Gasteiger charge is 2.31. The minimum atomic E-state index is -0.158. The fraction of sp³-hybridized carbons (Fsp3) is 0.333. The van der Waals surface area contributed by atoms with Gasteiger partial charge in [-0.25, -0.2) is 0 Å². The lowest BCUT2D eigenvalue weighted by Gasteiger charge is -2.31. The van der Waals surface area contributed by atoms with Crippen molar-refractivity contribution in [3.63, 3.8) is 0 Å². The number of para-hydroxylation sites is 1. The van der Waals surface area contributed by atoms with Crippen molar-refractivity contribution < 1.29 is 14.3 Å². The molecule has 0 unspecified atom stereocenters. The van der Waals surface area contributed by atoms with Gasteiger partial charge in [-0.1, -0.05) is 49.2 Å². The van der Waals surface area contributed by atoms with Crippen LogP contribution in [0.2, 0.25) is 0 Å². The Hall–Kier alpha value is -2.25. The van der Waals surface area contributed by atoms with Crippen molar-refractivity contribution >= 4 is 51.3 Å². The van der Waals surface area contributed by atoms with Gasteiger partial charge < -0.3 is 10.1 Å². The van der Waals surface area contributed by atoms with Crippen LogP contribution in [0.15, 0.2) is 56.7 Å². The minimum Gasteiger partial charge on any atom is -0.496 e. The number of amides is 2. The molecule has 2 aromatic rings. The van der Waals surface area contributed by atoms with Gasteiger partial charge in [0.05, 0.1) is 22.2 Å². The fourth-order valence-electron chi connectivity index (χ4n) is 4.01. The van der Waals surface area contributed by atoms with Gasteiger partial charge in [-0.2, -0.15) is 0 Å². The number of nitrogens with zero attached hydrogens (tertiary/aromatic N) is 1. The molecule has 4 rings (SSSR count). The summed E-state index contributed by atoms with van der Waals surface area (Å²) in [5.74, 6) is 0.471. The Kier molecular flexibility index (Phi) is 7.02. The third kappa shape index (κ3) is 5.15. The molecule has 5 nitrogen and oxygen atoms in total. The average Bonchev–Trinajstić information content (AvgIpc) is 2.77. The van der Waals surface area contributed by atoms with Gasteiger partial charge in [-0.15, -0.1) is 0 Å². The second-order valence-corrected chi connectivity index (χ2v) is 9.70. The van der Waals surface area contributed by atoms with E-state index in [4.69, 9.17) is 4.74 Å². The molecule has 1 aliphatic heterocycles. The van der Waals surface area contributed by atoms with E-state index in [0.29, 0.717) is 4.91 Å². The van der Waals surface area contributed by atoms with E-state index >= 15 is 0 Å². The van der Waals surface area contributed by atoms with Crippen LogP contribution >= 0.6 is 27.7 Å². The second-order valence-electron chi connectivity index (χ2n) is 7.77. The largest absolute Gasteiger partial charge is 0.496 e. The molecule has 1 N–H and O–H groups in total. The lowest BCUT2D eigenvalue weighted by Crippen LogP contribution is -2.46. The number of rotatable bonds is 5. The summed E-state index contributed by atoms with van der Waals surface area (Å²) >= 11 is 4.93. The number of thioether (sulfide) groups is 1. The molecule has 31 heavy (non-hydrogen) atoms. The van der Waals surface area contributed by atoms with Crippen molar-refractivity contribution in [1.82, 2.24) is 5.32 Å². The number of carbonyl (C=O) groups is 2. The average molecular weight is 501 g/mol. The maximum atomic E-state index is 13.3. The number of halogens is 1. The van der Waals surface area contributed by atoms with Crippen LogP contribution in [-0.4, -0.2) is 31.5 Å². The Labute approximate surface area is 195 Å². The molecule has 1 aliphatic carbocycles. The number of methoxy groups -OCH3 is 1. The van der Waals surface area contributed by atoms with Gasteiger partial charge in [0, 0.05) is 10.9 Å². The number of nitrogens with one attached hydrogen (secondary N) is 1. The number of ether oxygens (including phenoxy) is 1. The zero-order chi connectivity index (χ0) is 21.8. The van der Waals surface area contributed by atoms with E-state index in [9.17, 15) is 9.59 Å². The summed E-state index contributed by atoms with van der Waals surface area (Å²) < 4.78 is 6.11. The predicted molar refractivity (Wildman–Crippen MR) is 128 cm³/mol. The highest BCUT2D eigenvalue weighted by atomic mass is 79.9. The number of benzene rings is 2. The second kappa shape index (κ2) is 9.92. The third-order valence-corrected chi connectivity index (χ3v) is 7.27. The van der Waals surface area contributed by atoms with Crippen LogP contribution < -0.4 is 15.0 Å². The number of anilines is 1. The van der Waals surface area contributed by atoms with Crippen molar-refractivity contribution in [2.24, 2.45) is 0 Å². The van der Waals surface area contributed by atoms with E-state index < -0.39 is 0 Å². The maximum Gasteiger partial charge on any atom is 0.265 e. The SMILES string of the molecule is COc1ccc(C=C2Sc3ccccc3N(CC(=O)NC3CCCCC3)C2=O)cc1Br. The minimum absolute atomic E-state index is 0.0244. The van der Waals surface area contributed by atoms with Gasteiger partial charge in [-0.3, -0.25) is 14.5 Å². The summed E-state index contributed by atoms with van der Waals surface area (Å²) in [6.45, 7) is 0.0244. The molecule has 7 heteroatoms. The van der Waals surface area contributed by atoms with E-state index in [0.717, 1.165) is 52.1 Å². The lowest BCUT2D eigenvalue weighted by atomic mass is 9.95. The predicted octanol–water partition coefficient (Wildman–Crippen LogP) is 5.39. The van der Waals surface area contributed by atoms with Crippen LogP contribution in [0, 0.1) is 0 Å². The third-order valence-electron chi connectivity index (χ3n) is 5.58. The van der Waals surface area contributed by atoms with Gasteiger partial charge in [0.15, 0.2) is 0 Å². The Balaban J connectivity index is 1.58. The van der Waals surface area contributed by atoms with Crippen LogP contribution in [0.5, 0.6) is 5.75 Å². The summed E-state index contributed by atoms with van der Waals surface area (Å²) in [4.78, 5) is 29.3. The Bertz CT molecular complexity index is 1020. The Morgan fingerprint density at radius 2 is 2.00 bits per heavy atom. The molecule has 1 saturated carbocycles. The van der Waals surface area contributed by atoms with Crippen LogP contribution in [0.4, 0.5) is 5.69 Å². The first kappa shape index (κ1) is 22.0. The van der Waals surface area contributed by atoms with Crippen LogP contribution in [-0.2, 0) is 9.59 Å². The Morgan fingerprint density at radius 1 is 1.23 bits per heavy atom. The molecule has 0 atom stereocenters. The molecule has 1 fully saturated rings. The summed E-state index contributed by atoms with van der Waals surface area (Å²) in [6, 6.07) is 13.6. The first-order chi connectivity index (χ1) is 15.0. The molecule has 2 aromatic carbocycles. The van der Waals surface area contributed by atoms with E-state index in [1.54, 1.807) is 12.0 Å². The van der Waals surface area contributed by atoms with Crippen LogP contribution in [0.1, 0.15) is 37.7 Å². The van der Waals surface area contributed by atoms with Gasteiger partial charge in [0.2, 0.25) is 5.91 Å². The monoisotopic (exact) mass is 500 g/mol. The molecular weight excluding hydrogens is 476 g/mol. The van der Waals surface area contributed by atoms with Gasteiger partial charge in [0.1, 0.15) is 12.3 Å². The van der Waals surface area contributed by atoms with Crippen molar-refractivity contribution in [2.45, 2.75) is 43.0 Å². The summed E-state index contributed by atoms with van der Waals surface area (Å²) in [6.07, 6.45) is 7.43. The van der Waals surface area contributed by atoms with Crippen LogP contribution in [0.25, 0.3) is 6.08 Å². The van der Waals surface area contributed by atoms with Crippen molar-refractivity contribution in [3.05, 3.63) is 57.4 Å². The molecule has 162 valence electrons.